The molecule has 35 heteroatoms. The third-order valence-corrected chi connectivity index (χ3v) is 20.4. The average molecular weight is 1670 g/mol. The average Bonchev–Trinajstić information content (AvgIpc) is 0.832. The first kappa shape index (κ1) is 92.0. The molecule has 1 aliphatic heterocycles. The third kappa shape index (κ3) is 36.9. The SMILES string of the molecule is O=C(O)CCC(CC(=O)CC(CCCCCC(=O)C(Cc1ccc2ccccc2c1)NC(=O)C1CCC(CNC(=O)C(CCCCNC(=O)CN2CCN(CC(=O)O)CCN(CC(=O)O)CCN(CC(=O)O)CC2)NC(=O)CC(NC(=O)CC(NC(=O)CCCc2ccc(I)cc2)C(=O)O)C(=O)O)CC1)C(=O)O)C(=O)O. The second-order valence-corrected chi connectivity index (χ2v) is 29.7. The minimum Gasteiger partial charge on any atom is -0.481 e. The van der Waals surface area contributed by atoms with Crippen molar-refractivity contribution in [1.82, 2.24) is 51.5 Å². The minimum atomic E-state index is -1.93. The number of hydrogen-bond donors (Lipinski definition) is 14. The van der Waals surface area contributed by atoms with Gasteiger partial charge in [0, 0.05) is 107 Å². The van der Waals surface area contributed by atoms with Gasteiger partial charge >= 0.3 is 47.8 Å². The van der Waals surface area contributed by atoms with Crippen LogP contribution >= 0.6 is 22.6 Å². The van der Waals surface area contributed by atoms with E-state index in [0.717, 1.165) is 25.5 Å². The fourth-order valence-corrected chi connectivity index (χ4v) is 13.8. The number of carboxylic acid groups (broad SMARTS) is 8. The standard InChI is InChI=1S/C76H105IN10O24/c77-56-25-19-48(20-26-56)9-8-15-63(90)81-60(75(108)109)41-65(92)82-61(76(110)111)42-64(91)80-58(13-6-7-28-78-66(93)44-84-29-31-85(45-68(96)97)33-35-87(47-70(100)101)36-34-86(32-30-84)46-69(98)99)72(103)79-43-49-16-22-52(23-17-49)71(102)83-59(38-50-18-21-51-10-4-5-11-53(51)37-50)62(89)14-3-1-2-12-54(73(104)105)39-57(88)40-55(74(106)107)24-27-67(94)95/h4-5,10-11,18-21,25-26,37,49,52,54-55,58-61H,1-3,6-9,12-17,22-24,27-36,38-47H2,(H,78,93)(H,79,103)(H,80,91)(H,81,90)(H,82,92)(H,83,102)(H,94,95)(H,96,97)(H,98,99)(H,100,101)(H,104,105)(H,106,107)(H,108,109)(H,110,111). The first-order valence-corrected chi connectivity index (χ1v) is 38.5. The molecule has 1 saturated heterocycles. The van der Waals surface area contributed by atoms with Crippen molar-refractivity contribution in [3.8, 4) is 0 Å². The molecule has 6 amide bonds. The molecular formula is C76H105IN10O24. The number of hydrogen-bond acceptors (Lipinski definition) is 20. The van der Waals surface area contributed by atoms with Crippen molar-refractivity contribution in [1.29, 1.82) is 0 Å². The summed E-state index contributed by atoms with van der Waals surface area (Å²) in [5.41, 5.74) is 1.73. The summed E-state index contributed by atoms with van der Waals surface area (Å²) in [5, 5.41) is 94.9. The van der Waals surface area contributed by atoms with Crippen molar-refractivity contribution in [2.45, 2.75) is 165 Å². The van der Waals surface area contributed by atoms with Crippen LogP contribution in [0.5, 0.6) is 0 Å². The number of unbranched alkanes of at least 4 members (excludes halogenated alkanes) is 3. The number of ketones is 2. The fraction of sp³-hybridized carbons (Fsp3) is 0.579. The Bertz CT molecular complexity index is 3660. The normalized spacial score (nSPS) is 17.1. The molecular weight excluding hydrogens is 1560 g/mol. The van der Waals surface area contributed by atoms with Crippen LogP contribution in [0.2, 0.25) is 0 Å². The zero-order chi connectivity index (χ0) is 81.5. The number of amides is 6. The number of carboxylic acids is 8. The van der Waals surface area contributed by atoms with E-state index >= 15 is 0 Å². The van der Waals surface area contributed by atoms with E-state index in [4.69, 9.17) is 5.11 Å². The smallest absolute Gasteiger partial charge is 0.326 e. The van der Waals surface area contributed by atoms with E-state index in [1.54, 1.807) is 19.6 Å². The van der Waals surface area contributed by atoms with Crippen molar-refractivity contribution in [2.75, 3.05) is 91.6 Å². The Balaban J connectivity index is 1.22. The van der Waals surface area contributed by atoms with E-state index in [-0.39, 0.29) is 161 Å². The number of rotatable bonds is 49. The molecule has 0 aromatic heterocycles. The summed E-state index contributed by atoms with van der Waals surface area (Å²) in [7, 11) is 0. The van der Waals surface area contributed by atoms with Crippen LogP contribution in [0, 0.1) is 27.2 Å². The predicted octanol–water partition coefficient (Wildman–Crippen LogP) is 2.72. The van der Waals surface area contributed by atoms with Gasteiger partial charge in [0.15, 0.2) is 5.78 Å². The van der Waals surface area contributed by atoms with Gasteiger partial charge < -0.3 is 72.8 Å². The summed E-state index contributed by atoms with van der Waals surface area (Å²) in [6.45, 7) is 0.242. The maximum atomic E-state index is 14.2. The third-order valence-electron chi connectivity index (χ3n) is 19.7. The summed E-state index contributed by atoms with van der Waals surface area (Å²) in [5.74, 6) is -18.8. The zero-order valence-corrected chi connectivity index (χ0v) is 64.4. The van der Waals surface area contributed by atoms with E-state index in [1.165, 1.54) is 0 Å². The number of nitrogens with one attached hydrogen (secondary N) is 6. The summed E-state index contributed by atoms with van der Waals surface area (Å²) in [6, 6.07) is 14.9. The Morgan fingerprint density at radius 3 is 1.43 bits per heavy atom. The van der Waals surface area contributed by atoms with E-state index < -0.39 is 157 Å². The molecule has 2 fully saturated rings. The van der Waals surface area contributed by atoms with Crippen LogP contribution in [0.1, 0.15) is 140 Å². The summed E-state index contributed by atoms with van der Waals surface area (Å²) < 4.78 is 1.01. The molecule has 34 nitrogen and oxygen atoms in total. The van der Waals surface area contributed by atoms with Gasteiger partial charge in [-0.15, -0.1) is 0 Å². The predicted molar refractivity (Wildman–Crippen MR) is 407 cm³/mol. The van der Waals surface area contributed by atoms with Crippen molar-refractivity contribution in [3.05, 3.63) is 81.4 Å². The van der Waals surface area contributed by atoms with Crippen molar-refractivity contribution in [3.63, 3.8) is 0 Å². The first-order chi connectivity index (χ1) is 52.8. The lowest BCUT2D eigenvalue weighted by molar-refractivity contribution is -0.146. The topological polar surface area (TPSA) is 520 Å². The van der Waals surface area contributed by atoms with Gasteiger partial charge in [0.05, 0.1) is 56.9 Å². The largest absolute Gasteiger partial charge is 0.481 e. The van der Waals surface area contributed by atoms with Crippen LogP contribution in [0.25, 0.3) is 10.8 Å². The molecule has 14 N–H and O–H groups in total. The van der Waals surface area contributed by atoms with E-state index in [0.29, 0.717) is 57.8 Å². The Morgan fingerprint density at radius 2 is 0.910 bits per heavy atom. The molecule has 1 aliphatic carbocycles. The number of aryl methyl sites for hydroxylation is 1. The lowest BCUT2D eigenvalue weighted by Gasteiger charge is -2.32. The first-order valence-electron chi connectivity index (χ1n) is 37.5. The Labute approximate surface area is 656 Å². The van der Waals surface area contributed by atoms with E-state index in [2.05, 4.69) is 54.5 Å². The van der Waals surface area contributed by atoms with Gasteiger partial charge in [-0.25, -0.2) is 9.59 Å². The number of carbonyl (C=O) groups excluding carboxylic acids is 8. The molecule has 610 valence electrons. The van der Waals surface area contributed by atoms with Crippen LogP contribution in [0.4, 0.5) is 0 Å². The van der Waals surface area contributed by atoms with Gasteiger partial charge in [0.1, 0.15) is 23.9 Å². The highest BCUT2D eigenvalue weighted by atomic mass is 127. The fourth-order valence-electron chi connectivity index (χ4n) is 13.4. The second-order valence-electron chi connectivity index (χ2n) is 28.5. The maximum Gasteiger partial charge on any atom is 0.326 e. The lowest BCUT2D eigenvalue weighted by Crippen LogP contribution is -2.51. The number of Topliss-reactive ketones (excluding diaryl/α,β-unsaturated/α-hetero) is 2. The molecule has 111 heavy (non-hydrogen) atoms. The monoisotopic (exact) mass is 1670 g/mol. The number of benzene rings is 3. The number of halogens is 1. The Morgan fingerprint density at radius 1 is 0.414 bits per heavy atom. The van der Waals surface area contributed by atoms with Crippen LogP contribution < -0.4 is 31.9 Å². The molecule has 0 radical (unpaired) electrons. The molecule has 0 bridgehead atoms. The van der Waals surface area contributed by atoms with E-state index in [9.17, 15) is 112 Å². The highest BCUT2D eigenvalue weighted by molar-refractivity contribution is 14.1. The molecule has 3 aromatic carbocycles. The molecule has 3 aromatic rings. The van der Waals surface area contributed by atoms with Gasteiger partial charge in [-0.05, 0) is 146 Å². The highest BCUT2D eigenvalue weighted by Crippen LogP contribution is 2.30. The molecule has 6 unspecified atom stereocenters. The van der Waals surface area contributed by atoms with E-state index in [1.807, 2.05) is 66.7 Å². The molecule has 6 atom stereocenters. The van der Waals surface area contributed by atoms with Gasteiger partial charge in [-0.3, -0.25) is 86.7 Å². The zero-order valence-electron chi connectivity index (χ0n) is 62.2. The number of fused-ring (bicyclic) bond motifs is 1. The van der Waals surface area contributed by atoms with Gasteiger partial charge in [0.2, 0.25) is 35.4 Å². The van der Waals surface area contributed by atoms with Crippen molar-refractivity contribution >= 4 is 128 Å². The number of nitrogens with zero attached hydrogens (tertiary/aromatic N) is 4. The van der Waals surface area contributed by atoms with Crippen LogP contribution in [-0.2, 0) is 89.6 Å². The Hall–Kier alpha value is -9.59. The van der Waals surface area contributed by atoms with Crippen LogP contribution in [0.15, 0.2) is 66.7 Å². The van der Waals surface area contributed by atoms with Gasteiger partial charge in [-0.2, -0.15) is 0 Å². The summed E-state index contributed by atoms with van der Waals surface area (Å²) in [4.78, 5) is 210. The molecule has 5 rings (SSSR count). The summed E-state index contributed by atoms with van der Waals surface area (Å²) >= 11 is 2.15. The highest BCUT2D eigenvalue weighted by Gasteiger charge is 2.34. The number of carbonyl (C=O) groups is 16. The van der Waals surface area contributed by atoms with Crippen LogP contribution in [0.3, 0.4) is 0 Å². The molecule has 1 saturated carbocycles. The van der Waals surface area contributed by atoms with Gasteiger partial charge in [0.25, 0.3) is 0 Å². The van der Waals surface area contributed by atoms with Crippen molar-refractivity contribution in [2.24, 2.45) is 23.7 Å². The molecule has 2 aliphatic rings. The van der Waals surface area contributed by atoms with Crippen molar-refractivity contribution < 1.29 is 118 Å². The quantitative estimate of drug-likeness (QED) is 0.0285. The Kier molecular flexibility index (Phi) is 40.6. The lowest BCUT2D eigenvalue weighted by atomic mass is 9.81. The maximum absolute atomic E-state index is 14.2. The minimum absolute atomic E-state index is 0.0203. The van der Waals surface area contributed by atoms with Crippen LogP contribution in [-0.4, -0.2) is 271 Å². The number of aliphatic carboxylic acids is 8. The second kappa shape index (κ2) is 48.9. The van der Waals surface area contributed by atoms with Gasteiger partial charge in [-0.1, -0.05) is 67.4 Å². The molecule has 1 heterocycles. The molecule has 0 spiro atoms. The summed E-state index contributed by atoms with van der Waals surface area (Å²) in [6.07, 6.45) is 0.447.